The average Bonchev–Trinajstić information content (AvgIpc) is 2.49. The Morgan fingerprint density at radius 1 is 1.14 bits per heavy atom. The lowest BCUT2D eigenvalue weighted by atomic mass is 10.2. The fourth-order valence-electron chi connectivity index (χ4n) is 1.63. The number of carbonyl (C=O) groups is 1. The van der Waals surface area contributed by atoms with Crippen LogP contribution in [0.4, 0.5) is 15.8 Å². The zero-order valence-electron chi connectivity index (χ0n) is 11.1. The summed E-state index contributed by atoms with van der Waals surface area (Å²) in [6.45, 7) is 0. The largest absolute Gasteiger partial charge is 0.330 e. The summed E-state index contributed by atoms with van der Waals surface area (Å²) in [4.78, 5) is 21.9. The molecule has 112 valence electrons. The number of nitrogens with one attached hydrogen (secondary N) is 2. The van der Waals surface area contributed by atoms with Crippen LogP contribution in [-0.4, -0.2) is 15.9 Å². The van der Waals surface area contributed by atoms with Crippen LogP contribution in [0.5, 0.6) is 0 Å². The van der Waals surface area contributed by atoms with Crippen LogP contribution in [-0.2, 0) is 0 Å². The highest BCUT2D eigenvalue weighted by Crippen LogP contribution is 2.13. The van der Waals surface area contributed by atoms with E-state index in [1.807, 2.05) is 0 Å². The van der Waals surface area contributed by atoms with E-state index in [1.165, 1.54) is 42.5 Å². The highest BCUT2D eigenvalue weighted by atomic mass is 32.1. The molecule has 0 fully saturated rings. The van der Waals surface area contributed by atoms with Gasteiger partial charge in [0.2, 0.25) is 0 Å². The second-order valence-corrected chi connectivity index (χ2v) is 4.60. The molecule has 2 aromatic carbocycles. The lowest BCUT2D eigenvalue weighted by Gasteiger charge is -2.10. The SMILES string of the molecule is O=C(NC(=S)Nc1ccccc1F)c1ccc([N+](=O)[O-])cc1. The van der Waals surface area contributed by atoms with Gasteiger partial charge in [-0.2, -0.15) is 0 Å². The minimum absolute atomic E-state index is 0.0755. The number of nitrogens with zero attached hydrogens (tertiary/aromatic N) is 1. The molecule has 0 aliphatic carbocycles. The quantitative estimate of drug-likeness (QED) is 0.516. The minimum atomic E-state index is -0.563. The first kappa shape index (κ1) is 15.5. The Bertz CT molecular complexity index is 734. The smallest absolute Gasteiger partial charge is 0.269 e. The molecular formula is C14H10FN3O3S. The first-order chi connectivity index (χ1) is 10.5. The molecule has 22 heavy (non-hydrogen) atoms. The molecule has 2 rings (SSSR count). The number of hydrogen-bond donors (Lipinski definition) is 2. The summed E-state index contributed by atoms with van der Waals surface area (Å²) in [7, 11) is 0. The van der Waals surface area contributed by atoms with Crippen LogP contribution in [0.2, 0.25) is 0 Å². The summed E-state index contributed by atoms with van der Waals surface area (Å²) in [6.07, 6.45) is 0. The maximum Gasteiger partial charge on any atom is 0.269 e. The first-order valence-corrected chi connectivity index (χ1v) is 6.49. The van der Waals surface area contributed by atoms with Crippen molar-refractivity contribution in [3.05, 3.63) is 70.0 Å². The van der Waals surface area contributed by atoms with Crippen molar-refractivity contribution in [3.63, 3.8) is 0 Å². The van der Waals surface area contributed by atoms with E-state index in [-0.39, 0.29) is 22.1 Å². The number of amides is 1. The van der Waals surface area contributed by atoms with Crippen LogP contribution in [0.15, 0.2) is 48.5 Å². The summed E-state index contributed by atoms with van der Waals surface area (Å²) in [5.41, 5.74) is 0.211. The average molecular weight is 319 g/mol. The standard InChI is InChI=1S/C14H10FN3O3S/c15-11-3-1-2-4-12(11)16-14(22)17-13(19)9-5-7-10(8-6-9)18(20)21/h1-8H,(H2,16,17,19,22). The fraction of sp³-hybridized carbons (Fsp3) is 0. The zero-order valence-corrected chi connectivity index (χ0v) is 11.9. The molecule has 0 aliphatic rings. The van der Waals surface area contributed by atoms with Gasteiger partial charge in [0.15, 0.2) is 5.11 Å². The third-order valence-corrected chi connectivity index (χ3v) is 2.89. The van der Waals surface area contributed by atoms with Crippen molar-refractivity contribution in [2.24, 2.45) is 0 Å². The van der Waals surface area contributed by atoms with Gasteiger partial charge in [-0.25, -0.2) is 4.39 Å². The second-order valence-electron chi connectivity index (χ2n) is 4.19. The molecule has 0 aliphatic heterocycles. The summed E-state index contributed by atoms with van der Waals surface area (Å²) in [5, 5.41) is 15.4. The summed E-state index contributed by atoms with van der Waals surface area (Å²) in [6, 6.07) is 10.9. The van der Waals surface area contributed by atoms with E-state index >= 15 is 0 Å². The highest BCUT2D eigenvalue weighted by molar-refractivity contribution is 7.80. The Morgan fingerprint density at radius 3 is 2.36 bits per heavy atom. The fourth-order valence-corrected chi connectivity index (χ4v) is 1.83. The van der Waals surface area contributed by atoms with E-state index < -0.39 is 16.6 Å². The predicted octanol–water partition coefficient (Wildman–Crippen LogP) is 2.86. The van der Waals surface area contributed by atoms with E-state index in [2.05, 4.69) is 10.6 Å². The van der Waals surface area contributed by atoms with Crippen LogP contribution in [0.25, 0.3) is 0 Å². The molecule has 2 aromatic rings. The monoisotopic (exact) mass is 319 g/mol. The van der Waals surface area contributed by atoms with Crippen molar-refractivity contribution < 1.29 is 14.1 Å². The van der Waals surface area contributed by atoms with Gasteiger partial charge in [0.1, 0.15) is 5.82 Å². The summed E-state index contributed by atoms with van der Waals surface area (Å²) >= 11 is 4.92. The van der Waals surface area contributed by atoms with Crippen molar-refractivity contribution in [2.75, 3.05) is 5.32 Å². The molecule has 0 heterocycles. The van der Waals surface area contributed by atoms with Gasteiger partial charge < -0.3 is 5.32 Å². The minimum Gasteiger partial charge on any atom is -0.330 e. The zero-order chi connectivity index (χ0) is 16.1. The Labute approximate surface area is 130 Å². The van der Waals surface area contributed by atoms with E-state index in [9.17, 15) is 19.3 Å². The van der Waals surface area contributed by atoms with Gasteiger partial charge in [0.05, 0.1) is 10.6 Å². The molecule has 0 saturated carbocycles. The molecule has 0 saturated heterocycles. The maximum atomic E-state index is 13.4. The number of nitro groups is 1. The van der Waals surface area contributed by atoms with Gasteiger partial charge >= 0.3 is 0 Å². The molecular weight excluding hydrogens is 309 g/mol. The Kier molecular flexibility index (Phi) is 4.74. The van der Waals surface area contributed by atoms with Crippen LogP contribution < -0.4 is 10.6 Å². The van der Waals surface area contributed by atoms with E-state index in [1.54, 1.807) is 6.07 Å². The Morgan fingerprint density at radius 2 is 1.77 bits per heavy atom. The lowest BCUT2D eigenvalue weighted by Crippen LogP contribution is -2.34. The topological polar surface area (TPSA) is 84.3 Å². The molecule has 0 unspecified atom stereocenters. The second kappa shape index (κ2) is 6.72. The van der Waals surface area contributed by atoms with Crippen molar-refractivity contribution in [2.45, 2.75) is 0 Å². The van der Waals surface area contributed by atoms with Gasteiger partial charge in [0.25, 0.3) is 11.6 Å². The first-order valence-electron chi connectivity index (χ1n) is 6.08. The third-order valence-electron chi connectivity index (χ3n) is 2.69. The predicted molar refractivity (Wildman–Crippen MR) is 83.2 cm³/mol. The highest BCUT2D eigenvalue weighted by Gasteiger charge is 2.11. The van der Waals surface area contributed by atoms with E-state index in [0.29, 0.717) is 0 Å². The summed E-state index contributed by atoms with van der Waals surface area (Å²) < 4.78 is 13.4. The van der Waals surface area contributed by atoms with Crippen molar-refractivity contribution in [3.8, 4) is 0 Å². The number of non-ortho nitro benzene ring substituents is 1. The number of thiocarbonyl (C=S) groups is 1. The van der Waals surface area contributed by atoms with Gasteiger partial charge in [-0.15, -0.1) is 0 Å². The van der Waals surface area contributed by atoms with E-state index in [4.69, 9.17) is 12.2 Å². The molecule has 0 aromatic heterocycles. The number of benzene rings is 2. The van der Waals surface area contributed by atoms with Crippen LogP contribution >= 0.6 is 12.2 Å². The number of anilines is 1. The number of para-hydroxylation sites is 1. The number of carbonyl (C=O) groups excluding carboxylic acids is 1. The van der Waals surface area contributed by atoms with Gasteiger partial charge in [-0.3, -0.25) is 20.2 Å². The Hall–Kier alpha value is -2.87. The molecule has 0 atom stereocenters. The van der Waals surface area contributed by atoms with Gasteiger partial charge in [-0.1, -0.05) is 12.1 Å². The number of hydrogen-bond acceptors (Lipinski definition) is 4. The lowest BCUT2D eigenvalue weighted by molar-refractivity contribution is -0.384. The van der Waals surface area contributed by atoms with Crippen LogP contribution in [0.1, 0.15) is 10.4 Å². The number of halogens is 1. The molecule has 1 amide bonds. The molecule has 6 nitrogen and oxygen atoms in total. The van der Waals surface area contributed by atoms with Gasteiger partial charge in [0, 0.05) is 17.7 Å². The van der Waals surface area contributed by atoms with Crippen molar-refractivity contribution >= 4 is 34.6 Å². The van der Waals surface area contributed by atoms with Gasteiger partial charge in [-0.05, 0) is 36.5 Å². The molecule has 0 spiro atoms. The van der Waals surface area contributed by atoms with Crippen LogP contribution in [0.3, 0.4) is 0 Å². The normalized spacial score (nSPS) is 9.86. The Balaban J connectivity index is 2.01. The molecule has 0 bridgehead atoms. The number of rotatable bonds is 3. The van der Waals surface area contributed by atoms with Crippen LogP contribution in [0, 0.1) is 15.9 Å². The third kappa shape index (κ3) is 3.83. The van der Waals surface area contributed by atoms with Crippen molar-refractivity contribution in [1.29, 1.82) is 0 Å². The maximum absolute atomic E-state index is 13.4. The number of nitro benzene ring substituents is 1. The molecule has 8 heteroatoms. The van der Waals surface area contributed by atoms with E-state index in [0.717, 1.165) is 0 Å². The van der Waals surface area contributed by atoms with Crippen molar-refractivity contribution in [1.82, 2.24) is 5.32 Å². The molecule has 2 N–H and O–H groups in total. The summed E-state index contributed by atoms with van der Waals surface area (Å²) in [5.74, 6) is -1.06. The molecule has 0 radical (unpaired) electrons.